The first-order valence-corrected chi connectivity index (χ1v) is 8.40. The number of likely N-dealkylation sites (tertiary alicyclic amines) is 1. The number of ether oxygens (including phenoxy) is 1. The summed E-state index contributed by atoms with van der Waals surface area (Å²) in [4.78, 5) is 14.6. The largest absolute Gasteiger partial charge is 0.479 e. The maximum atomic E-state index is 13.0. The van der Waals surface area contributed by atoms with Crippen LogP contribution in [-0.2, 0) is 4.79 Å². The quantitative estimate of drug-likeness (QED) is 0.893. The molecular formula is C17H24ClFN2O2. The van der Waals surface area contributed by atoms with Crippen LogP contribution in [-0.4, -0.2) is 42.1 Å². The molecule has 0 saturated carbocycles. The summed E-state index contributed by atoms with van der Waals surface area (Å²) >= 11 is 5.91. The highest BCUT2D eigenvalue weighted by molar-refractivity contribution is 6.32. The number of amides is 1. The summed E-state index contributed by atoms with van der Waals surface area (Å²) in [6, 6.07) is 4.57. The molecule has 0 aliphatic carbocycles. The minimum atomic E-state index is -0.680. The SMILES string of the molecule is CC(C)N1CCC(NC(=O)[C@H](C)Oc2ccc(F)cc2Cl)CC1. The van der Waals surface area contributed by atoms with Crippen LogP contribution in [0.4, 0.5) is 4.39 Å². The van der Waals surface area contributed by atoms with Crippen molar-refractivity contribution in [3.63, 3.8) is 0 Å². The van der Waals surface area contributed by atoms with Gasteiger partial charge in [-0.3, -0.25) is 4.79 Å². The Kier molecular flexibility index (Phi) is 6.25. The summed E-state index contributed by atoms with van der Waals surface area (Å²) in [5.41, 5.74) is 0. The summed E-state index contributed by atoms with van der Waals surface area (Å²) in [5.74, 6) is -0.296. The lowest BCUT2D eigenvalue weighted by Crippen LogP contribution is -2.49. The van der Waals surface area contributed by atoms with Gasteiger partial charge in [-0.25, -0.2) is 4.39 Å². The number of rotatable bonds is 5. The predicted octanol–water partition coefficient (Wildman–Crippen LogP) is 3.24. The van der Waals surface area contributed by atoms with E-state index >= 15 is 0 Å². The van der Waals surface area contributed by atoms with Crippen LogP contribution in [0.25, 0.3) is 0 Å². The number of piperidine rings is 1. The monoisotopic (exact) mass is 342 g/mol. The van der Waals surface area contributed by atoms with E-state index in [4.69, 9.17) is 16.3 Å². The van der Waals surface area contributed by atoms with Gasteiger partial charge < -0.3 is 15.0 Å². The predicted molar refractivity (Wildman–Crippen MR) is 89.4 cm³/mol. The third-order valence-corrected chi connectivity index (χ3v) is 4.47. The van der Waals surface area contributed by atoms with Crippen molar-refractivity contribution in [1.82, 2.24) is 10.2 Å². The van der Waals surface area contributed by atoms with E-state index in [1.807, 2.05) is 0 Å². The zero-order valence-corrected chi connectivity index (χ0v) is 14.6. The van der Waals surface area contributed by atoms with Gasteiger partial charge in [0.05, 0.1) is 5.02 Å². The molecule has 1 saturated heterocycles. The molecule has 0 spiro atoms. The van der Waals surface area contributed by atoms with Crippen molar-refractivity contribution in [2.75, 3.05) is 13.1 Å². The Morgan fingerprint density at radius 3 is 2.57 bits per heavy atom. The lowest BCUT2D eigenvalue weighted by atomic mass is 10.0. The first-order chi connectivity index (χ1) is 10.9. The van der Waals surface area contributed by atoms with Crippen LogP contribution in [0.2, 0.25) is 5.02 Å². The smallest absolute Gasteiger partial charge is 0.260 e. The van der Waals surface area contributed by atoms with Crippen molar-refractivity contribution < 1.29 is 13.9 Å². The Bertz CT molecular complexity index is 545. The molecule has 1 atom stereocenters. The van der Waals surface area contributed by atoms with E-state index in [0.717, 1.165) is 25.9 Å². The molecular weight excluding hydrogens is 319 g/mol. The van der Waals surface area contributed by atoms with Gasteiger partial charge in [-0.1, -0.05) is 11.6 Å². The van der Waals surface area contributed by atoms with E-state index < -0.39 is 11.9 Å². The van der Waals surface area contributed by atoms with E-state index in [-0.39, 0.29) is 17.0 Å². The molecule has 1 aromatic rings. The maximum absolute atomic E-state index is 13.0. The Balaban J connectivity index is 1.83. The molecule has 1 N–H and O–H groups in total. The summed E-state index contributed by atoms with van der Waals surface area (Å²) < 4.78 is 18.6. The zero-order chi connectivity index (χ0) is 17.0. The van der Waals surface area contributed by atoms with Crippen molar-refractivity contribution >= 4 is 17.5 Å². The number of nitrogens with zero attached hydrogens (tertiary/aromatic N) is 1. The van der Waals surface area contributed by atoms with Crippen LogP contribution in [0.1, 0.15) is 33.6 Å². The van der Waals surface area contributed by atoms with Crippen molar-refractivity contribution in [3.8, 4) is 5.75 Å². The van der Waals surface area contributed by atoms with Gasteiger partial charge in [0.1, 0.15) is 11.6 Å². The average molecular weight is 343 g/mol. The normalized spacial score (nSPS) is 18.0. The van der Waals surface area contributed by atoms with Crippen LogP contribution >= 0.6 is 11.6 Å². The molecule has 0 bridgehead atoms. The first kappa shape index (κ1) is 18.0. The summed E-state index contributed by atoms with van der Waals surface area (Å²) in [5, 5.41) is 3.18. The highest BCUT2D eigenvalue weighted by Gasteiger charge is 2.24. The number of benzene rings is 1. The molecule has 0 aromatic heterocycles. The molecule has 0 unspecified atom stereocenters. The number of hydrogen-bond donors (Lipinski definition) is 1. The lowest BCUT2D eigenvalue weighted by molar-refractivity contribution is -0.128. The van der Waals surface area contributed by atoms with Crippen molar-refractivity contribution in [2.45, 2.75) is 51.8 Å². The van der Waals surface area contributed by atoms with E-state index in [9.17, 15) is 9.18 Å². The van der Waals surface area contributed by atoms with Gasteiger partial charge in [0.25, 0.3) is 5.91 Å². The molecule has 2 rings (SSSR count). The number of carbonyl (C=O) groups excluding carboxylic acids is 1. The average Bonchev–Trinajstić information content (AvgIpc) is 2.50. The van der Waals surface area contributed by atoms with Gasteiger partial charge in [0.2, 0.25) is 0 Å². The van der Waals surface area contributed by atoms with E-state index in [2.05, 4.69) is 24.1 Å². The topological polar surface area (TPSA) is 41.6 Å². The highest BCUT2D eigenvalue weighted by atomic mass is 35.5. The Morgan fingerprint density at radius 1 is 1.35 bits per heavy atom. The van der Waals surface area contributed by atoms with Crippen molar-refractivity contribution in [2.24, 2.45) is 0 Å². The highest BCUT2D eigenvalue weighted by Crippen LogP contribution is 2.26. The third kappa shape index (κ3) is 5.08. The van der Waals surface area contributed by atoms with Crippen LogP contribution in [0.3, 0.4) is 0 Å². The van der Waals surface area contributed by atoms with Gasteiger partial charge in [0, 0.05) is 25.2 Å². The van der Waals surface area contributed by atoms with Crippen LogP contribution in [0, 0.1) is 5.82 Å². The molecule has 1 heterocycles. The lowest BCUT2D eigenvalue weighted by Gasteiger charge is -2.35. The minimum absolute atomic E-state index is 0.162. The molecule has 1 amide bonds. The Morgan fingerprint density at radius 2 is 2.00 bits per heavy atom. The second kappa shape index (κ2) is 7.97. The van der Waals surface area contributed by atoms with Crippen molar-refractivity contribution in [3.05, 3.63) is 29.0 Å². The van der Waals surface area contributed by atoms with Gasteiger partial charge in [0.15, 0.2) is 6.10 Å². The fraction of sp³-hybridized carbons (Fsp3) is 0.588. The molecule has 0 radical (unpaired) electrons. The summed E-state index contributed by atoms with van der Waals surface area (Å²) in [7, 11) is 0. The second-order valence-electron chi connectivity index (χ2n) is 6.25. The third-order valence-electron chi connectivity index (χ3n) is 4.17. The summed E-state index contributed by atoms with van der Waals surface area (Å²) in [6.45, 7) is 8.00. The van der Waals surface area contributed by atoms with Gasteiger partial charge in [-0.15, -0.1) is 0 Å². The first-order valence-electron chi connectivity index (χ1n) is 8.03. The van der Waals surface area contributed by atoms with E-state index in [1.165, 1.54) is 18.2 Å². The molecule has 1 aliphatic heterocycles. The Labute approximate surface area is 141 Å². The van der Waals surface area contributed by atoms with Crippen LogP contribution in [0.15, 0.2) is 18.2 Å². The number of nitrogens with one attached hydrogen (secondary N) is 1. The molecule has 1 aliphatic rings. The summed E-state index contributed by atoms with van der Waals surface area (Å²) in [6.07, 6.45) is 1.20. The molecule has 4 nitrogen and oxygen atoms in total. The molecule has 6 heteroatoms. The van der Waals surface area contributed by atoms with Crippen LogP contribution in [0.5, 0.6) is 5.75 Å². The number of halogens is 2. The van der Waals surface area contributed by atoms with E-state index in [1.54, 1.807) is 6.92 Å². The molecule has 1 aromatic carbocycles. The fourth-order valence-electron chi connectivity index (χ4n) is 2.69. The minimum Gasteiger partial charge on any atom is -0.479 e. The number of hydrogen-bond acceptors (Lipinski definition) is 3. The van der Waals surface area contributed by atoms with E-state index in [0.29, 0.717) is 11.8 Å². The number of carbonyl (C=O) groups is 1. The molecule has 128 valence electrons. The van der Waals surface area contributed by atoms with Crippen LogP contribution < -0.4 is 10.1 Å². The molecule has 23 heavy (non-hydrogen) atoms. The van der Waals surface area contributed by atoms with Gasteiger partial charge >= 0.3 is 0 Å². The Hall–Kier alpha value is -1.33. The van der Waals surface area contributed by atoms with Gasteiger partial charge in [-0.2, -0.15) is 0 Å². The van der Waals surface area contributed by atoms with Crippen molar-refractivity contribution in [1.29, 1.82) is 0 Å². The fourth-order valence-corrected chi connectivity index (χ4v) is 2.91. The second-order valence-corrected chi connectivity index (χ2v) is 6.65. The maximum Gasteiger partial charge on any atom is 0.260 e. The van der Waals surface area contributed by atoms with Gasteiger partial charge in [-0.05, 0) is 51.8 Å². The standard InChI is InChI=1S/C17H24ClFN2O2/c1-11(2)21-8-6-14(7-9-21)20-17(22)12(3)23-16-5-4-13(19)10-15(16)18/h4-5,10-12,14H,6-9H2,1-3H3,(H,20,22)/t12-/m0/s1. The zero-order valence-electron chi connectivity index (χ0n) is 13.8. The molecule has 1 fully saturated rings.